The van der Waals surface area contributed by atoms with Crippen molar-refractivity contribution in [2.24, 2.45) is 5.41 Å². The van der Waals surface area contributed by atoms with Crippen molar-refractivity contribution in [1.29, 1.82) is 0 Å². The van der Waals surface area contributed by atoms with E-state index in [9.17, 15) is 0 Å². The predicted octanol–water partition coefficient (Wildman–Crippen LogP) is -1.82. The zero-order valence-electron chi connectivity index (χ0n) is 11.6. The monoisotopic (exact) mass is 370 g/mol. The van der Waals surface area contributed by atoms with Gasteiger partial charge in [-0.05, 0) is 0 Å². The molecule has 3 heteroatoms. The van der Waals surface area contributed by atoms with E-state index in [0.29, 0.717) is 0 Å². The molecule has 0 amide bonds. The molecule has 0 N–H and O–H groups in total. The van der Waals surface area contributed by atoms with Crippen LogP contribution < -0.4 is 24.8 Å². The van der Waals surface area contributed by atoms with Crippen LogP contribution in [0, 0.1) is 17.3 Å². The Hall–Kier alpha value is -0.0169. The molecular weight excluding hydrogens is 354 g/mol. The van der Waals surface area contributed by atoms with Gasteiger partial charge in [-0.3, -0.25) is 0 Å². The van der Waals surface area contributed by atoms with Crippen LogP contribution in [0.2, 0.25) is 0 Å². The van der Waals surface area contributed by atoms with Crippen LogP contribution >= 0.6 is 0 Å². The van der Waals surface area contributed by atoms with Crippen molar-refractivity contribution in [3.05, 3.63) is 42.5 Å². The minimum Gasteiger partial charge on any atom is -1.00 e. The number of allylic oxidation sites excluding steroid dienone is 8. The average Bonchev–Trinajstić information content (AvgIpc) is 2.86. The molecule has 0 bridgehead atoms. The molecule has 0 nitrogen and oxygen atoms in total. The standard InChI is InChI=1S/C11H13.C5H5.2ClH.Zr/c1-11(2,3)9-8-10-6-4-5-7-10;1-2-4-5-3-1;;;/h4,6H,5H2,1-3H3;1-3H,4H2;2*1H;/q;;;;+2/p-2. The van der Waals surface area contributed by atoms with E-state index < -0.39 is 23.2 Å². The summed E-state index contributed by atoms with van der Waals surface area (Å²) in [4.78, 5) is 0. The van der Waals surface area contributed by atoms with E-state index in [1.54, 1.807) is 6.56 Å². The molecule has 2 aliphatic rings. The molecular formula is C16H18Cl2Zr. The second-order valence-electron chi connectivity index (χ2n) is 5.45. The Labute approximate surface area is 140 Å². The van der Waals surface area contributed by atoms with Crippen LogP contribution in [0.15, 0.2) is 42.5 Å². The van der Waals surface area contributed by atoms with Crippen molar-refractivity contribution < 1.29 is 48.0 Å². The fraction of sp³-hybridized carbons (Fsp3) is 0.375. The number of halogens is 2. The first-order chi connectivity index (χ1) is 8.04. The van der Waals surface area contributed by atoms with Crippen molar-refractivity contribution >= 4 is 0 Å². The van der Waals surface area contributed by atoms with Crippen LogP contribution in [0.5, 0.6) is 0 Å². The minimum absolute atomic E-state index is 0. The van der Waals surface area contributed by atoms with Crippen LogP contribution in [0.4, 0.5) is 0 Å². The minimum atomic E-state index is -0.531. The second kappa shape index (κ2) is 8.31. The van der Waals surface area contributed by atoms with Crippen LogP contribution in [-0.2, 0) is 23.2 Å². The maximum Gasteiger partial charge on any atom is -1.00 e. The third-order valence-corrected chi connectivity index (χ3v) is 6.19. The van der Waals surface area contributed by atoms with Gasteiger partial charge in [0.25, 0.3) is 0 Å². The van der Waals surface area contributed by atoms with Crippen molar-refractivity contribution in [1.82, 2.24) is 0 Å². The van der Waals surface area contributed by atoms with E-state index in [0.717, 1.165) is 6.42 Å². The summed E-state index contributed by atoms with van der Waals surface area (Å²) in [5, 5.41) is 0. The Balaban J connectivity index is 0.00000162. The molecule has 2 aliphatic carbocycles. The summed E-state index contributed by atoms with van der Waals surface area (Å²) in [6.07, 6.45) is 13.6. The number of hydrogen-bond donors (Lipinski definition) is 0. The van der Waals surface area contributed by atoms with Crippen molar-refractivity contribution in [3.63, 3.8) is 0 Å². The molecule has 100 valence electrons. The van der Waals surface area contributed by atoms with Crippen LogP contribution in [0.25, 0.3) is 0 Å². The van der Waals surface area contributed by atoms with Gasteiger partial charge < -0.3 is 24.8 Å². The number of rotatable bonds is 2. The predicted molar refractivity (Wildman–Crippen MR) is 69.9 cm³/mol. The van der Waals surface area contributed by atoms with Gasteiger partial charge in [0, 0.05) is 0 Å². The Morgan fingerprint density at radius 3 is 2.42 bits per heavy atom. The van der Waals surface area contributed by atoms with Crippen molar-refractivity contribution in [3.8, 4) is 11.8 Å². The van der Waals surface area contributed by atoms with E-state index in [1.807, 2.05) is 0 Å². The average molecular weight is 372 g/mol. The van der Waals surface area contributed by atoms with Gasteiger partial charge in [-0.15, -0.1) is 0 Å². The van der Waals surface area contributed by atoms with Gasteiger partial charge >= 0.3 is 117 Å². The van der Waals surface area contributed by atoms with E-state index >= 15 is 0 Å². The zero-order valence-corrected chi connectivity index (χ0v) is 15.5. The summed E-state index contributed by atoms with van der Waals surface area (Å²) in [6, 6.07) is 0. The topological polar surface area (TPSA) is 0 Å². The molecule has 0 aromatic carbocycles. The quantitative estimate of drug-likeness (QED) is 0.501. The molecule has 0 spiro atoms. The molecule has 0 radical (unpaired) electrons. The Morgan fingerprint density at radius 1 is 1.11 bits per heavy atom. The van der Waals surface area contributed by atoms with Crippen LogP contribution in [0.3, 0.4) is 0 Å². The van der Waals surface area contributed by atoms with Gasteiger partial charge in [0.05, 0.1) is 0 Å². The Kier molecular flexibility index (Phi) is 8.30. The molecule has 0 unspecified atom stereocenters. The van der Waals surface area contributed by atoms with E-state index in [-0.39, 0.29) is 30.2 Å². The SMILES string of the molecule is CC(C)(C)C#CC1=[C]([Zr+2][C]2=CC=CC2)CC=C1.[Cl-].[Cl-]. The van der Waals surface area contributed by atoms with Gasteiger partial charge in [0.15, 0.2) is 0 Å². The normalized spacial score (nSPS) is 16.1. The fourth-order valence-corrected chi connectivity index (χ4v) is 4.89. The Bertz CT molecular complexity index is 491. The molecule has 2 rings (SSSR count). The molecule has 0 aliphatic heterocycles. The molecule has 19 heavy (non-hydrogen) atoms. The van der Waals surface area contributed by atoms with Gasteiger partial charge in [0.1, 0.15) is 0 Å². The van der Waals surface area contributed by atoms with E-state index in [4.69, 9.17) is 0 Å². The zero-order chi connectivity index (χ0) is 12.3. The van der Waals surface area contributed by atoms with Gasteiger partial charge in [-0.1, -0.05) is 0 Å². The maximum absolute atomic E-state index is 3.38. The van der Waals surface area contributed by atoms with E-state index in [2.05, 4.69) is 63.0 Å². The van der Waals surface area contributed by atoms with E-state index in [1.165, 1.54) is 12.0 Å². The molecule has 0 atom stereocenters. The third-order valence-electron chi connectivity index (χ3n) is 2.59. The molecule has 0 aromatic rings. The van der Waals surface area contributed by atoms with Gasteiger partial charge in [0.2, 0.25) is 0 Å². The molecule has 0 aromatic heterocycles. The fourth-order valence-electron chi connectivity index (χ4n) is 1.73. The molecule has 0 saturated heterocycles. The first-order valence-corrected chi connectivity index (χ1v) is 8.56. The smallest absolute Gasteiger partial charge is 1.00 e. The van der Waals surface area contributed by atoms with Crippen LogP contribution in [0.1, 0.15) is 33.6 Å². The third kappa shape index (κ3) is 6.31. The molecule has 0 heterocycles. The summed E-state index contributed by atoms with van der Waals surface area (Å²) in [7, 11) is 0. The van der Waals surface area contributed by atoms with Gasteiger partial charge in [-0.2, -0.15) is 0 Å². The summed E-state index contributed by atoms with van der Waals surface area (Å²) < 4.78 is 3.34. The Morgan fingerprint density at radius 2 is 1.84 bits per heavy atom. The number of hydrogen-bond acceptors (Lipinski definition) is 0. The van der Waals surface area contributed by atoms with Crippen LogP contribution in [-0.4, -0.2) is 0 Å². The summed E-state index contributed by atoms with van der Waals surface area (Å²) in [5.41, 5.74) is 1.42. The van der Waals surface area contributed by atoms with Crippen molar-refractivity contribution in [2.45, 2.75) is 33.6 Å². The summed E-state index contributed by atoms with van der Waals surface area (Å²) in [6.45, 7) is 6.51. The maximum atomic E-state index is 3.38. The summed E-state index contributed by atoms with van der Waals surface area (Å²) in [5.74, 6) is 6.73. The first-order valence-electron chi connectivity index (χ1n) is 6.10. The molecule has 0 fully saturated rings. The first kappa shape index (κ1) is 19.0. The van der Waals surface area contributed by atoms with Gasteiger partial charge in [-0.25, -0.2) is 0 Å². The molecule has 0 saturated carbocycles. The van der Waals surface area contributed by atoms with Crippen molar-refractivity contribution in [2.75, 3.05) is 0 Å². The largest absolute Gasteiger partial charge is 1.00 e. The summed E-state index contributed by atoms with van der Waals surface area (Å²) >= 11 is -0.531. The second-order valence-corrected chi connectivity index (χ2v) is 9.12.